The molecule has 0 saturated carbocycles. The van der Waals surface area contributed by atoms with E-state index in [9.17, 15) is 0 Å². The Balaban J connectivity index is 2.04. The summed E-state index contributed by atoms with van der Waals surface area (Å²) in [4.78, 5) is 0. The highest BCUT2D eigenvalue weighted by Gasteiger charge is 2.20. The average Bonchev–Trinajstić information content (AvgIpc) is 2.63. The lowest BCUT2D eigenvalue weighted by atomic mass is 9.98. The molecule has 0 atom stereocenters. The molecular formula is C13H18O. The topological polar surface area (TPSA) is 9.23 Å². The predicted octanol–water partition coefficient (Wildman–Crippen LogP) is 3.74. The molecule has 1 nitrogen and oxygen atoms in total. The molecule has 0 N–H and O–H groups in total. The molecule has 0 spiro atoms. The normalized spacial score (nSPS) is 22.8. The van der Waals surface area contributed by atoms with E-state index >= 15 is 0 Å². The molecule has 1 heterocycles. The van der Waals surface area contributed by atoms with Crippen molar-refractivity contribution < 1.29 is 4.74 Å². The van der Waals surface area contributed by atoms with Gasteiger partial charge in [-0.1, -0.05) is 25.5 Å². The summed E-state index contributed by atoms with van der Waals surface area (Å²) in [5.74, 6) is 1.16. The van der Waals surface area contributed by atoms with Crippen LogP contribution in [0.25, 0.3) is 0 Å². The van der Waals surface area contributed by atoms with Gasteiger partial charge in [-0.2, -0.15) is 0 Å². The molecule has 2 aliphatic rings. The molecule has 0 fully saturated rings. The molecule has 0 aromatic rings. The summed E-state index contributed by atoms with van der Waals surface area (Å²) in [6.45, 7) is 3.02. The van der Waals surface area contributed by atoms with E-state index in [0.29, 0.717) is 0 Å². The van der Waals surface area contributed by atoms with Crippen LogP contribution < -0.4 is 0 Å². The van der Waals surface area contributed by atoms with Crippen LogP contribution in [0.4, 0.5) is 0 Å². The van der Waals surface area contributed by atoms with Gasteiger partial charge in [0.15, 0.2) is 0 Å². The maximum atomic E-state index is 5.68. The first-order valence-corrected chi connectivity index (χ1v) is 5.63. The highest BCUT2D eigenvalue weighted by Crippen LogP contribution is 2.32. The number of hydrogen-bond acceptors (Lipinski definition) is 1. The first-order valence-electron chi connectivity index (χ1n) is 5.63. The number of rotatable bonds is 3. The summed E-state index contributed by atoms with van der Waals surface area (Å²) in [7, 11) is 0. The minimum absolute atomic E-state index is 0.795. The Morgan fingerprint density at radius 1 is 1.50 bits per heavy atom. The molecule has 0 radical (unpaired) electrons. The fourth-order valence-electron chi connectivity index (χ4n) is 1.99. The van der Waals surface area contributed by atoms with Crippen LogP contribution in [0.3, 0.4) is 0 Å². The number of allylic oxidation sites excluding steroid dienone is 3. The second kappa shape index (κ2) is 4.50. The van der Waals surface area contributed by atoms with E-state index in [-0.39, 0.29) is 0 Å². The third-order valence-electron chi connectivity index (χ3n) is 2.84. The summed E-state index contributed by atoms with van der Waals surface area (Å²) < 4.78 is 5.68. The highest BCUT2D eigenvalue weighted by molar-refractivity contribution is 5.43. The first-order chi connectivity index (χ1) is 6.92. The van der Waals surface area contributed by atoms with Crippen LogP contribution in [0, 0.1) is 0 Å². The Morgan fingerprint density at radius 2 is 2.43 bits per heavy atom. The Kier molecular flexibility index (Phi) is 3.07. The van der Waals surface area contributed by atoms with Gasteiger partial charge in [0.25, 0.3) is 0 Å². The molecule has 2 rings (SSSR count). The molecule has 0 bridgehead atoms. The van der Waals surface area contributed by atoms with Crippen LogP contribution in [-0.2, 0) is 4.74 Å². The van der Waals surface area contributed by atoms with Gasteiger partial charge in [0.1, 0.15) is 12.4 Å². The second-order valence-corrected chi connectivity index (χ2v) is 3.94. The van der Waals surface area contributed by atoms with Crippen molar-refractivity contribution in [2.75, 3.05) is 6.61 Å². The van der Waals surface area contributed by atoms with Crippen molar-refractivity contribution in [2.24, 2.45) is 0 Å². The van der Waals surface area contributed by atoms with Crippen molar-refractivity contribution in [3.05, 3.63) is 35.1 Å². The van der Waals surface area contributed by atoms with E-state index in [0.717, 1.165) is 18.8 Å². The monoisotopic (exact) mass is 190 g/mol. The maximum absolute atomic E-state index is 5.68. The zero-order valence-electron chi connectivity index (χ0n) is 8.88. The summed E-state index contributed by atoms with van der Waals surface area (Å²) in [5, 5.41) is 0. The molecule has 1 aliphatic heterocycles. The Hall–Kier alpha value is -0.980. The third kappa shape index (κ3) is 1.92. The fraction of sp³-hybridized carbons (Fsp3) is 0.538. The van der Waals surface area contributed by atoms with Crippen molar-refractivity contribution in [1.29, 1.82) is 0 Å². The SMILES string of the molecule is CCCC/C=C1\OCC2=C1CCC=C2. The van der Waals surface area contributed by atoms with E-state index in [1.54, 1.807) is 0 Å². The quantitative estimate of drug-likeness (QED) is 0.616. The van der Waals surface area contributed by atoms with Gasteiger partial charge in [-0.3, -0.25) is 0 Å². The third-order valence-corrected chi connectivity index (χ3v) is 2.84. The largest absolute Gasteiger partial charge is 0.489 e. The molecule has 0 saturated heterocycles. The molecule has 1 aliphatic carbocycles. The van der Waals surface area contributed by atoms with Crippen LogP contribution in [-0.4, -0.2) is 6.61 Å². The van der Waals surface area contributed by atoms with Gasteiger partial charge in [-0.25, -0.2) is 0 Å². The van der Waals surface area contributed by atoms with Gasteiger partial charge >= 0.3 is 0 Å². The van der Waals surface area contributed by atoms with Gasteiger partial charge in [-0.05, 0) is 37.3 Å². The van der Waals surface area contributed by atoms with Gasteiger partial charge in [0, 0.05) is 5.57 Å². The molecule has 76 valence electrons. The average molecular weight is 190 g/mol. The minimum Gasteiger partial charge on any atom is -0.489 e. The predicted molar refractivity (Wildman–Crippen MR) is 59.0 cm³/mol. The lowest BCUT2D eigenvalue weighted by molar-refractivity contribution is 0.270. The van der Waals surface area contributed by atoms with Crippen LogP contribution in [0.15, 0.2) is 35.1 Å². The van der Waals surface area contributed by atoms with Gasteiger partial charge in [0.05, 0.1) is 0 Å². The Morgan fingerprint density at radius 3 is 3.29 bits per heavy atom. The van der Waals surface area contributed by atoms with E-state index in [2.05, 4.69) is 25.2 Å². The van der Waals surface area contributed by atoms with E-state index in [4.69, 9.17) is 4.74 Å². The molecule has 14 heavy (non-hydrogen) atoms. The Bertz CT molecular complexity index is 294. The van der Waals surface area contributed by atoms with Crippen LogP contribution in [0.2, 0.25) is 0 Å². The maximum Gasteiger partial charge on any atom is 0.119 e. The standard InChI is InChI=1S/C13H18O/c1-2-3-4-9-13-12-8-6-5-7-11(12)10-14-13/h5,7,9H,2-4,6,8,10H2,1H3/b13-9-. The van der Waals surface area contributed by atoms with Crippen LogP contribution in [0.1, 0.15) is 39.0 Å². The molecule has 0 amide bonds. The zero-order chi connectivity index (χ0) is 9.80. The van der Waals surface area contributed by atoms with Crippen molar-refractivity contribution in [2.45, 2.75) is 39.0 Å². The van der Waals surface area contributed by atoms with Crippen molar-refractivity contribution in [1.82, 2.24) is 0 Å². The molecule has 0 aromatic carbocycles. The zero-order valence-corrected chi connectivity index (χ0v) is 8.88. The van der Waals surface area contributed by atoms with Crippen LogP contribution in [0.5, 0.6) is 0 Å². The molecular weight excluding hydrogens is 172 g/mol. The fourth-order valence-corrected chi connectivity index (χ4v) is 1.99. The summed E-state index contributed by atoms with van der Waals surface area (Å²) in [6.07, 6.45) is 12.8. The molecule has 1 heteroatoms. The van der Waals surface area contributed by atoms with Crippen LogP contribution >= 0.6 is 0 Å². The number of ether oxygens (including phenoxy) is 1. The lowest BCUT2D eigenvalue weighted by Gasteiger charge is -2.06. The van der Waals surface area contributed by atoms with E-state index < -0.39 is 0 Å². The van der Waals surface area contributed by atoms with Gasteiger partial charge in [-0.15, -0.1) is 0 Å². The minimum atomic E-state index is 0.795. The van der Waals surface area contributed by atoms with Crippen molar-refractivity contribution >= 4 is 0 Å². The number of unbranched alkanes of at least 4 members (excludes halogenated alkanes) is 2. The Labute approximate surface area is 86.2 Å². The highest BCUT2D eigenvalue weighted by atomic mass is 16.5. The van der Waals surface area contributed by atoms with Crippen molar-refractivity contribution in [3.63, 3.8) is 0 Å². The first kappa shape index (κ1) is 9.57. The molecule has 0 unspecified atom stereocenters. The van der Waals surface area contributed by atoms with E-state index in [1.807, 2.05) is 0 Å². The van der Waals surface area contributed by atoms with Gasteiger partial charge in [0.2, 0.25) is 0 Å². The van der Waals surface area contributed by atoms with Crippen molar-refractivity contribution in [3.8, 4) is 0 Å². The van der Waals surface area contributed by atoms with E-state index in [1.165, 1.54) is 36.8 Å². The lowest BCUT2D eigenvalue weighted by Crippen LogP contribution is -1.90. The smallest absolute Gasteiger partial charge is 0.119 e. The summed E-state index contributed by atoms with van der Waals surface area (Å²) in [6, 6.07) is 0. The van der Waals surface area contributed by atoms with Gasteiger partial charge < -0.3 is 4.74 Å². The number of hydrogen-bond donors (Lipinski definition) is 0. The summed E-state index contributed by atoms with van der Waals surface area (Å²) >= 11 is 0. The second-order valence-electron chi connectivity index (χ2n) is 3.94. The summed E-state index contributed by atoms with van der Waals surface area (Å²) in [5.41, 5.74) is 2.86. The molecule has 0 aromatic heterocycles.